The molecule has 31 heavy (non-hydrogen) atoms. The van der Waals surface area contributed by atoms with Crippen molar-refractivity contribution in [2.45, 2.75) is 37.8 Å². The number of aliphatic imine (C=N–C) groups is 2. The highest BCUT2D eigenvalue weighted by Crippen LogP contribution is 2.27. The lowest BCUT2D eigenvalue weighted by Crippen LogP contribution is -2.45. The first-order valence-electron chi connectivity index (χ1n) is 10.1. The Balaban J connectivity index is 1.84. The molecule has 0 saturated heterocycles. The van der Waals surface area contributed by atoms with Gasteiger partial charge in [-0.25, -0.2) is 19.4 Å². The van der Waals surface area contributed by atoms with E-state index in [1.54, 1.807) is 24.3 Å². The molecule has 1 fully saturated rings. The molecule has 1 aliphatic carbocycles. The molecule has 3 rings (SSSR count). The smallest absolute Gasteiger partial charge is 0.252 e. The second-order valence-corrected chi connectivity index (χ2v) is 7.22. The van der Waals surface area contributed by atoms with Crippen LogP contribution in [0, 0.1) is 5.82 Å². The molecule has 1 unspecified atom stereocenters. The zero-order valence-electron chi connectivity index (χ0n) is 17.3. The van der Waals surface area contributed by atoms with Gasteiger partial charge < -0.3 is 27.4 Å². The van der Waals surface area contributed by atoms with Crippen molar-refractivity contribution < 1.29 is 9.18 Å². The van der Waals surface area contributed by atoms with Crippen LogP contribution in [-0.2, 0) is 0 Å². The lowest BCUT2D eigenvalue weighted by molar-refractivity contribution is 0.100. The number of amides is 1. The van der Waals surface area contributed by atoms with Crippen molar-refractivity contribution in [3.05, 3.63) is 41.7 Å². The number of rotatable bonds is 8. The normalized spacial score (nSPS) is 19.0. The van der Waals surface area contributed by atoms with Crippen LogP contribution in [0.15, 0.2) is 40.3 Å². The first-order chi connectivity index (χ1) is 15.0. The zero-order valence-corrected chi connectivity index (χ0v) is 17.3. The lowest BCUT2D eigenvalue weighted by atomic mass is 9.90. The second kappa shape index (κ2) is 10.5. The highest BCUT2D eigenvalue weighted by atomic mass is 19.1. The van der Waals surface area contributed by atoms with E-state index in [1.807, 2.05) is 7.05 Å². The lowest BCUT2D eigenvalue weighted by Gasteiger charge is -2.32. The number of nitrogens with zero attached hydrogens (tertiary/aromatic N) is 3. The highest BCUT2D eigenvalue weighted by Gasteiger charge is 2.26. The number of pyridine rings is 1. The summed E-state index contributed by atoms with van der Waals surface area (Å²) in [5, 5.41) is 9.51. The van der Waals surface area contributed by atoms with Gasteiger partial charge in [0.05, 0.1) is 17.6 Å². The van der Waals surface area contributed by atoms with Gasteiger partial charge >= 0.3 is 0 Å². The Morgan fingerprint density at radius 1 is 1.19 bits per heavy atom. The number of aromatic nitrogens is 1. The topological polar surface area (TPSA) is 143 Å². The van der Waals surface area contributed by atoms with Crippen LogP contribution in [0.5, 0.6) is 0 Å². The third-order valence-electron chi connectivity index (χ3n) is 5.19. The number of primary amides is 1. The van der Waals surface area contributed by atoms with Crippen molar-refractivity contribution in [3.63, 3.8) is 0 Å². The molecule has 1 heterocycles. The Morgan fingerprint density at radius 3 is 2.55 bits per heavy atom. The molecular formula is C21H27FN8O. The SMILES string of the molecule is CNC1CCCC[C@H]1Nc1nc(Nc2ccc(N=CN=CN)cc2)c(C(N)=O)cc1F. The standard InChI is InChI=1S/C21H27FN8O/c1-25-17-4-2-3-5-18(17)29-21-16(22)10-15(19(24)31)20(30-21)28-14-8-6-13(7-9-14)27-12-26-11-23/h6-12,17-18,25H,2-5H2,1H3,(H2,24,31)(H2,23,26,27)(H2,28,29,30)/t17?,18-/m1/s1. The summed E-state index contributed by atoms with van der Waals surface area (Å²) >= 11 is 0. The molecule has 1 saturated carbocycles. The third-order valence-corrected chi connectivity index (χ3v) is 5.19. The number of hydrogen-bond donors (Lipinski definition) is 5. The van der Waals surface area contributed by atoms with E-state index < -0.39 is 11.7 Å². The van der Waals surface area contributed by atoms with Crippen molar-refractivity contribution in [1.29, 1.82) is 0 Å². The Morgan fingerprint density at radius 2 is 1.90 bits per heavy atom. The van der Waals surface area contributed by atoms with Crippen LogP contribution in [-0.4, -0.2) is 42.7 Å². The van der Waals surface area contributed by atoms with E-state index in [2.05, 4.69) is 30.9 Å². The maximum absolute atomic E-state index is 14.7. The van der Waals surface area contributed by atoms with E-state index in [9.17, 15) is 9.18 Å². The number of nitrogens with one attached hydrogen (secondary N) is 3. The number of carbonyl (C=O) groups is 1. The Hall–Kier alpha value is -3.53. The summed E-state index contributed by atoms with van der Waals surface area (Å²) in [6, 6.07) is 8.37. The Labute approximate surface area is 180 Å². The van der Waals surface area contributed by atoms with Crippen molar-refractivity contribution >= 4 is 41.6 Å². The van der Waals surface area contributed by atoms with E-state index in [1.165, 1.54) is 6.34 Å². The summed E-state index contributed by atoms with van der Waals surface area (Å²) in [5.41, 5.74) is 11.9. The summed E-state index contributed by atoms with van der Waals surface area (Å²) in [7, 11) is 1.90. The molecule has 0 bridgehead atoms. The van der Waals surface area contributed by atoms with Crippen molar-refractivity contribution in [1.82, 2.24) is 10.3 Å². The molecule has 1 aromatic carbocycles. The van der Waals surface area contributed by atoms with Crippen LogP contribution in [0.25, 0.3) is 0 Å². The third kappa shape index (κ3) is 5.76. The summed E-state index contributed by atoms with van der Waals surface area (Å²) in [4.78, 5) is 24.0. The van der Waals surface area contributed by atoms with E-state index in [0.717, 1.165) is 38.1 Å². The summed E-state index contributed by atoms with van der Waals surface area (Å²) in [6.45, 7) is 0. The maximum Gasteiger partial charge on any atom is 0.252 e. The van der Waals surface area contributed by atoms with Gasteiger partial charge in [0.25, 0.3) is 5.91 Å². The molecule has 0 spiro atoms. The van der Waals surface area contributed by atoms with Gasteiger partial charge in [-0.1, -0.05) is 12.8 Å². The number of hydrogen-bond acceptors (Lipinski definition) is 6. The fraction of sp³-hybridized carbons (Fsp3) is 0.333. The first-order valence-corrected chi connectivity index (χ1v) is 10.1. The molecule has 7 N–H and O–H groups in total. The van der Waals surface area contributed by atoms with Gasteiger partial charge in [0.1, 0.15) is 12.2 Å². The molecule has 2 atom stereocenters. The Bertz CT molecular complexity index is 961. The number of likely N-dealkylation sites (N-methyl/N-ethyl adjacent to an activating group) is 1. The fourth-order valence-corrected chi connectivity index (χ4v) is 3.60. The molecule has 2 aromatic rings. The largest absolute Gasteiger partial charge is 0.390 e. The van der Waals surface area contributed by atoms with E-state index in [0.29, 0.717) is 11.4 Å². The van der Waals surface area contributed by atoms with Crippen molar-refractivity contribution in [3.8, 4) is 0 Å². The minimum atomic E-state index is -0.771. The van der Waals surface area contributed by atoms with Gasteiger partial charge in [-0.05, 0) is 50.2 Å². The molecule has 0 aliphatic heterocycles. The molecular weight excluding hydrogens is 399 g/mol. The number of anilines is 3. The predicted molar refractivity (Wildman–Crippen MR) is 122 cm³/mol. The fourth-order valence-electron chi connectivity index (χ4n) is 3.60. The van der Waals surface area contributed by atoms with Gasteiger partial charge in [-0.2, -0.15) is 0 Å². The second-order valence-electron chi connectivity index (χ2n) is 7.22. The maximum atomic E-state index is 14.7. The molecule has 1 amide bonds. The van der Waals surface area contributed by atoms with Crippen LogP contribution in [0.2, 0.25) is 0 Å². The molecule has 9 nitrogen and oxygen atoms in total. The van der Waals surface area contributed by atoms with Crippen LogP contribution in [0.3, 0.4) is 0 Å². The van der Waals surface area contributed by atoms with Gasteiger partial charge in [0, 0.05) is 17.8 Å². The number of benzene rings is 1. The monoisotopic (exact) mass is 426 g/mol. The summed E-state index contributed by atoms with van der Waals surface area (Å²) in [5.74, 6) is -1.13. The molecule has 164 valence electrons. The summed E-state index contributed by atoms with van der Waals surface area (Å²) < 4.78 is 14.7. The van der Waals surface area contributed by atoms with E-state index >= 15 is 0 Å². The van der Waals surface area contributed by atoms with Crippen LogP contribution in [0.1, 0.15) is 36.0 Å². The molecule has 1 aliphatic rings. The molecule has 1 aromatic heterocycles. The number of halogens is 1. The average molecular weight is 427 g/mol. The van der Waals surface area contributed by atoms with E-state index in [4.69, 9.17) is 11.5 Å². The number of carbonyl (C=O) groups excluding carboxylic acids is 1. The van der Waals surface area contributed by atoms with Gasteiger partial charge in [-0.15, -0.1) is 0 Å². The molecule has 10 heteroatoms. The quantitative estimate of drug-likeness (QED) is 0.324. The predicted octanol–water partition coefficient (Wildman–Crippen LogP) is 2.65. The molecule has 0 radical (unpaired) electrons. The van der Waals surface area contributed by atoms with Crippen LogP contribution in [0.4, 0.5) is 27.4 Å². The minimum absolute atomic E-state index is 0.0313. The van der Waals surface area contributed by atoms with Crippen LogP contribution >= 0.6 is 0 Å². The van der Waals surface area contributed by atoms with Gasteiger partial charge in [0.2, 0.25) is 0 Å². The van der Waals surface area contributed by atoms with Crippen LogP contribution < -0.4 is 27.4 Å². The highest BCUT2D eigenvalue weighted by molar-refractivity contribution is 5.98. The zero-order chi connectivity index (χ0) is 22.2. The Kier molecular flexibility index (Phi) is 7.50. The minimum Gasteiger partial charge on any atom is -0.390 e. The van der Waals surface area contributed by atoms with Crippen molar-refractivity contribution in [2.75, 3.05) is 17.7 Å². The van der Waals surface area contributed by atoms with E-state index in [-0.39, 0.29) is 29.3 Å². The van der Waals surface area contributed by atoms with Gasteiger partial charge in [-0.3, -0.25) is 4.79 Å². The average Bonchev–Trinajstić information content (AvgIpc) is 2.77. The van der Waals surface area contributed by atoms with Crippen molar-refractivity contribution in [2.24, 2.45) is 21.5 Å². The van der Waals surface area contributed by atoms with Gasteiger partial charge in [0.15, 0.2) is 11.6 Å². The first kappa shape index (κ1) is 22.2. The number of nitrogens with two attached hydrogens (primary N) is 2. The summed E-state index contributed by atoms with van der Waals surface area (Å²) in [6.07, 6.45) is 6.58.